The second-order valence-corrected chi connectivity index (χ2v) is 13.4. The van der Waals surface area contributed by atoms with Crippen LogP contribution < -0.4 is 9.80 Å². The van der Waals surface area contributed by atoms with Crippen molar-refractivity contribution in [1.82, 2.24) is 29.2 Å². The average molecular weight is 671 g/mol. The number of piperazine rings is 1. The topological polar surface area (TPSA) is 75.3 Å². The number of fused-ring (bicyclic) bond motifs is 2. The fourth-order valence-corrected chi connectivity index (χ4v) is 7.33. The van der Waals surface area contributed by atoms with Gasteiger partial charge in [0.05, 0.1) is 23.2 Å². The van der Waals surface area contributed by atoms with E-state index in [2.05, 4.69) is 52.8 Å². The smallest absolute Gasteiger partial charge is 0.367 e. The zero-order chi connectivity index (χ0) is 34.6. The molecule has 0 saturated carbocycles. The minimum absolute atomic E-state index is 0.0278. The lowest BCUT2D eigenvalue weighted by atomic mass is 9.87. The van der Waals surface area contributed by atoms with Crippen molar-refractivity contribution in [3.63, 3.8) is 0 Å². The van der Waals surface area contributed by atoms with Crippen molar-refractivity contribution >= 4 is 28.2 Å². The summed E-state index contributed by atoms with van der Waals surface area (Å²) in [4.78, 5) is 30.5. The van der Waals surface area contributed by atoms with Gasteiger partial charge in [-0.15, -0.1) is 0 Å². The highest BCUT2D eigenvalue weighted by atomic mass is 19.4. The highest BCUT2D eigenvalue weighted by Gasteiger charge is 2.39. The summed E-state index contributed by atoms with van der Waals surface area (Å²) in [6.07, 6.45) is 3.03. The van der Waals surface area contributed by atoms with Crippen molar-refractivity contribution in [1.29, 1.82) is 0 Å². The first-order chi connectivity index (χ1) is 23.4. The summed E-state index contributed by atoms with van der Waals surface area (Å²) in [5.74, 6) is -0.242. The molecular formula is C37H41F3N8O. The van der Waals surface area contributed by atoms with Gasteiger partial charge in [-0.05, 0) is 86.2 Å². The summed E-state index contributed by atoms with van der Waals surface area (Å²) in [6, 6.07) is 10.4. The number of benzene rings is 2. The molecule has 1 amide bonds. The third-order valence-electron chi connectivity index (χ3n) is 9.83. The summed E-state index contributed by atoms with van der Waals surface area (Å²) < 4.78 is 45.7. The molecule has 9 nitrogen and oxygen atoms in total. The van der Waals surface area contributed by atoms with Gasteiger partial charge in [0, 0.05) is 93.2 Å². The lowest BCUT2D eigenvalue weighted by Crippen LogP contribution is -2.49. The number of amides is 1. The maximum Gasteiger partial charge on any atom is 0.435 e. The van der Waals surface area contributed by atoms with E-state index in [1.165, 1.54) is 17.9 Å². The lowest BCUT2D eigenvalue weighted by molar-refractivity contribution is -0.140. The van der Waals surface area contributed by atoms with E-state index in [-0.39, 0.29) is 11.5 Å². The number of anilines is 2. The minimum atomic E-state index is -4.65. The molecule has 0 radical (unpaired) electrons. The van der Waals surface area contributed by atoms with E-state index in [4.69, 9.17) is 4.98 Å². The Morgan fingerprint density at radius 3 is 2.35 bits per heavy atom. The Balaban J connectivity index is 1.35. The van der Waals surface area contributed by atoms with Crippen LogP contribution in [-0.2, 0) is 32.6 Å². The molecule has 2 aliphatic rings. The van der Waals surface area contributed by atoms with Gasteiger partial charge in [-0.25, -0.2) is 4.98 Å². The molecule has 0 atom stereocenters. The normalized spacial score (nSPS) is 15.9. The number of aromatic nitrogens is 5. The number of carbonyl (C=O) groups excluding carboxylic acids is 1. The zero-order valence-electron chi connectivity index (χ0n) is 28.6. The lowest BCUT2D eigenvalue weighted by Gasteiger charge is -2.38. The molecule has 1 saturated heterocycles. The summed E-state index contributed by atoms with van der Waals surface area (Å²) in [5, 5.41) is 4.69. The fraction of sp³-hybridized carbons (Fsp3) is 0.405. The van der Waals surface area contributed by atoms with Crippen molar-refractivity contribution in [2.45, 2.75) is 59.3 Å². The first-order valence-electron chi connectivity index (χ1n) is 16.9. The predicted octanol–water partition coefficient (Wildman–Crippen LogP) is 6.50. The Morgan fingerprint density at radius 2 is 1.67 bits per heavy atom. The van der Waals surface area contributed by atoms with Gasteiger partial charge in [0.15, 0.2) is 5.69 Å². The van der Waals surface area contributed by atoms with Crippen LogP contribution in [-0.4, -0.2) is 73.9 Å². The van der Waals surface area contributed by atoms with Gasteiger partial charge in [-0.1, -0.05) is 6.92 Å². The summed E-state index contributed by atoms with van der Waals surface area (Å²) in [7, 11) is 1.48. The maximum atomic E-state index is 14.7. The molecule has 0 spiro atoms. The van der Waals surface area contributed by atoms with Crippen molar-refractivity contribution in [3.8, 4) is 11.1 Å². The van der Waals surface area contributed by atoms with E-state index < -0.39 is 11.9 Å². The molecule has 0 bridgehead atoms. The molecule has 5 heterocycles. The van der Waals surface area contributed by atoms with E-state index >= 15 is 0 Å². The molecule has 1 fully saturated rings. The third kappa shape index (κ3) is 6.18. The number of alkyl halides is 3. The van der Waals surface area contributed by atoms with Crippen LogP contribution in [0.25, 0.3) is 22.0 Å². The van der Waals surface area contributed by atoms with Gasteiger partial charge in [-0.3, -0.25) is 19.4 Å². The number of hydrogen-bond donors (Lipinski definition) is 0. The quantitative estimate of drug-likeness (QED) is 0.197. The van der Waals surface area contributed by atoms with E-state index in [1.807, 2.05) is 23.6 Å². The first kappa shape index (κ1) is 32.8. The largest absolute Gasteiger partial charge is 0.435 e. The van der Waals surface area contributed by atoms with Gasteiger partial charge in [0.1, 0.15) is 0 Å². The minimum Gasteiger partial charge on any atom is -0.367 e. The molecule has 3 aromatic heterocycles. The number of nitrogens with zero attached hydrogens (tertiary/aromatic N) is 8. The van der Waals surface area contributed by atoms with Crippen LogP contribution in [0.5, 0.6) is 0 Å². The number of hydrogen-bond acceptors (Lipinski definition) is 6. The molecule has 0 unspecified atom stereocenters. The number of aryl methyl sites for hydroxylation is 3. The molecular weight excluding hydrogens is 629 g/mol. The van der Waals surface area contributed by atoms with Crippen LogP contribution >= 0.6 is 0 Å². The monoisotopic (exact) mass is 670 g/mol. The van der Waals surface area contributed by atoms with Crippen molar-refractivity contribution in [2.24, 2.45) is 7.05 Å². The van der Waals surface area contributed by atoms with Crippen molar-refractivity contribution in [3.05, 3.63) is 88.9 Å². The Hall–Kier alpha value is -4.71. The molecule has 2 aliphatic heterocycles. The molecule has 12 heteroatoms. The highest BCUT2D eigenvalue weighted by molar-refractivity contribution is 6.14. The zero-order valence-corrected chi connectivity index (χ0v) is 28.6. The van der Waals surface area contributed by atoms with Crippen LogP contribution in [0.1, 0.15) is 59.2 Å². The van der Waals surface area contributed by atoms with E-state index in [1.54, 1.807) is 29.7 Å². The number of rotatable bonds is 7. The molecule has 7 rings (SSSR count). The van der Waals surface area contributed by atoms with Crippen molar-refractivity contribution in [2.75, 3.05) is 42.5 Å². The number of pyridine rings is 1. The molecule has 256 valence electrons. The summed E-state index contributed by atoms with van der Waals surface area (Å²) >= 11 is 0. The van der Waals surface area contributed by atoms with Crippen LogP contribution in [0.3, 0.4) is 0 Å². The Bertz CT molecular complexity index is 2020. The Labute approximate surface area is 284 Å². The van der Waals surface area contributed by atoms with Gasteiger partial charge in [0.2, 0.25) is 0 Å². The second-order valence-electron chi connectivity index (χ2n) is 13.4. The standard InChI is InChI=1S/C37H41F3N8O/c1-6-25-16-30-32(15-24(4)42-34(30)33(19-25)47-13-11-46(12-14-47)23(2)3)48-9-7-27-28(31-21-44(5)43-35(31)37(38,39)40)17-26(18-29(27)36(48)49)20-45-10-8-41-22-45/h8,10,15-19,21-23H,6-7,9,11-14,20H2,1-5H3. The molecule has 2 aromatic carbocycles. The average Bonchev–Trinajstić information content (AvgIpc) is 3.74. The molecule has 0 N–H and O–H groups in total. The molecule has 49 heavy (non-hydrogen) atoms. The molecule has 5 aromatic rings. The van der Waals surface area contributed by atoms with E-state index in [9.17, 15) is 18.0 Å². The van der Waals surface area contributed by atoms with Gasteiger partial charge in [0.25, 0.3) is 5.91 Å². The Kier molecular flexibility index (Phi) is 8.46. The van der Waals surface area contributed by atoms with E-state index in [0.29, 0.717) is 47.8 Å². The van der Waals surface area contributed by atoms with Crippen molar-refractivity contribution < 1.29 is 18.0 Å². The maximum absolute atomic E-state index is 14.7. The highest BCUT2D eigenvalue weighted by Crippen LogP contribution is 2.42. The van der Waals surface area contributed by atoms with Gasteiger partial charge >= 0.3 is 6.18 Å². The predicted molar refractivity (Wildman–Crippen MR) is 185 cm³/mol. The van der Waals surface area contributed by atoms with Gasteiger partial charge < -0.3 is 14.4 Å². The van der Waals surface area contributed by atoms with Crippen LogP contribution in [0.15, 0.2) is 55.2 Å². The Morgan fingerprint density at radius 1 is 0.918 bits per heavy atom. The summed E-state index contributed by atoms with van der Waals surface area (Å²) in [5.41, 5.74) is 5.76. The van der Waals surface area contributed by atoms with E-state index in [0.717, 1.165) is 66.1 Å². The number of halogens is 3. The van der Waals surface area contributed by atoms with Crippen LogP contribution in [0.4, 0.5) is 24.5 Å². The SMILES string of the molecule is CCc1cc(N2CCN(C(C)C)CC2)c2nc(C)cc(N3CCc4c(cc(Cn5ccnc5)cc4-c4cn(C)nc4C(F)(F)F)C3=O)c2c1. The second kappa shape index (κ2) is 12.6. The fourth-order valence-electron chi connectivity index (χ4n) is 7.33. The van der Waals surface area contributed by atoms with Crippen LogP contribution in [0.2, 0.25) is 0 Å². The summed E-state index contributed by atoms with van der Waals surface area (Å²) in [6.45, 7) is 12.9. The third-order valence-corrected chi connectivity index (χ3v) is 9.83. The number of carbonyl (C=O) groups is 1. The molecule has 0 aliphatic carbocycles. The first-order valence-corrected chi connectivity index (χ1v) is 16.9. The number of imidazole rings is 1. The van der Waals surface area contributed by atoms with Crippen LogP contribution in [0, 0.1) is 6.92 Å². The van der Waals surface area contributed by atoms with Gasteiger partial charge in [-0.2, -0.15) is 18.3 Å².